The van der Waals surface area contributed by atoms with E-state index >= 15 is 0 Å². The van der Waals surface area contributed by atoms with Gasteiger partial charge in [0.05, 0.1) is 0 Å². The van der Waals surface area contributed by atoms with Crippen LogP contribution in [0.3, 0.4) is 0 Å². The zero-order valence-electron chi connectivity index (χ0n) is 11.2. The molecule has 0 saturated carbocycles. The van der Waals surface area contributed by atoms with Crippen LogP contribution >= 0.6 is 0 Å². The Balaban J connectivity index is 2.03. The first kappa shape index (κ1) is 13.7. The summed E-state index contributed by atoms with van der Waals surface area (Å²) >= 11 is 0. The number of benzene rings is 1. The summed E-state index contributed by atoms with van der Waals surface area (Å²) in [6.45, 7) is 4.50. The third-order valence-corrected chi connectivity index (χ3v) is 3.39. The number of carboxylic acid groups (broad SMARTS) is 1. The van der Waals surface area contributed by atoms with E-state index in [9.17, 15) is 9.90 Å². The molecule has 2 rings (SSSR count). The third kappa shape index (κ3) is 2.98. The van der Waals surface area contributed by atoms with Gasteiger partial charge in [-0.05, 0) is 44.0 Å². The second-order valence-corrected chi connectivity index (χ2v) is 4.86. The van der Waals surface area contributed by atoms with Gasteiger partial charge in [-0.3, -0.25) is 4.79 Å². The van der Waals surface area contributed by atoms with Crippen molar-refractivity contribution in [1.29, 1.82) is 0 Å². The maximum atomic E-state index is 11.3. The van der Waals surface area contributed by atoms with Gasteiger partial charge in [-0.15, -0.1) is 0 Å². The molecular weight excluding hydrogens is 246 g/mol. The van der Waals surface area contributed by atoms with Crippen molar-refractivity contribution in [3.05, 3.63) is 23.8 Å². The van der Waals surface area contributed by atoms with Crippen molar-refractivity contribution in [3.8, 4) is 11.5 Å². The monoisotopic (exact) mass is 265 g/mol. The lowest BCUT2D eigenvalue weighted by Crippen LogP contribution is -2.49. The van der Waals surface area contributed by atoms with Crippen LogP contribution in [0.1, 0.15) is 25.8 Å². The van der Waals surface area contributed by atoms with Gasteiger partial charge in [-0.1, -0.05) is 13.0 Å². The summed E-state index contributed by atoms with van der Waals surface area (Å²) < 4.78 is 10.6. The number of hydrogen-bond donors (Lipinski definition) is 2. The Labute approximate surface area is 112 Å². The number of nitrogens with one attached hydrogen (secondary N) is 1. The molecule has 0 aromatic heterocycles. The summed E-state index contributed by atoms with van der Waals surface area (Å²) in [5.41, 5.74) is 0.153. The summed E-state index contributed by atoms with van der Waals surface area (Å²) in [5.74, 6) is 0.657. The molecule has 0 bridgehead atoms. The lowest BCUT2D eigenvalue weighted by molar-refractivity contribution is -0.144. The highest BCUT2D eigenvalue weighted by atomic mass is 16.7. The molecule has 0 amide bonds. The average Bonchev–Trinajstić information content (AvgIpc) is 2.84. The topological polar surface area (TPSA) is 67.8 Å². The van der Waals surface area contributed by atoms with E-state index in [0.717, 1.165) is 17.1 Å². The van der Waals surface area contributed by atoms with Gasteiger partial charge >= 0.3 is 5.97 Å². The molecule has 0 fully saturated rings. The summed E-state index contributed by atoms with van der Waals surface area (Å²) in [6.07, 6.45) is 1.20. The molecule has 1 aliphatic rings. The lowest BCUT2D eigenvalue weighted by Gasteiger charge is -2.25. The van der Waals surface area contributed by atoms with E-state index < -0.39 is 11.5 Å². The van der Waals surface area contributed by atoms with E-state index in [1.165, 1.54) is 0 Å². The number of ether oxygens (including phenoxy) is 2. The maximum absolute atomic E-state index is 11.3. The molecule has 5 nitrogen and oxygen atoms in total. The number of likely N-dealkylation sites (N-methyl/N-ethyl adjacent to an activating group) is 1. The van der Waals surface area contributed by atoms with Crippen LogP contribution in [0.2, 0.25) is 0 Å². The smallest absolute Gasteiger partial charge is 0.323 e. The lowest BCUT2D eigenvalue weighted by atomic mass is 9.93. The van der Waals surface area contributed by atoms with Gasteiger partial charge in [0.15, 0.2) is 11.5 Å². The number of carboxylic acids is 1. The molecule has 1 aromatic rings. The van der Waals surface area contributed by atoms with Gasteiger partial charge in [0, 0.05) is 0 Å². The molecule has 5 heteroatoms. The van der Waals surface area contributed by atoms with Crippen molar-refractivity contribution in [2.24, 2.45) is 0 Å². The highest BCUT2D eigenvalue weighted by Gasteiger charge is 2.31. The molecule has 1 aromatic carbocycles. The fourth-order valence-corrected chi connectivity index (χ4v) is 2.15. The van der Waals surface area contributed by atoms with E-state index in [1.54, 1.807) is 6.92 Å². The predicted octanol–water partition coefficient (Wildman–Crippen LogP) is 1.80. The zero-order valence-corrected chi connectivity index (χ0v) is 11.2. The van der Waals surface area contributed by atoms with Gasteiger partial charge in [0.25, 0.3) is 0 Å². The Morgan fingerprint density at radius 1 is 1.42 bits per heavy atom. The molecule has 1 heterocycles. The van der Waals surface area contributed by atoms with Crippen LogP contribution in [-0.2, 0) is 11.2 Å². The van der Waals surface area contributed by atoms with Crippen molar-refractivity contribution in [3.63, 3.8) is 0 Å². The number of carbonyl (C=O) groups is 1. The molecule has 2 N–H and O–H groups in total. The molecule has 1 atom stereocenters. The second kappa shape index (κ2) is 5.48. The summed E-state index contributed by atoms with van der Waals surface area (Å²) in [4.78, 5) is 11.3. The fourth-order valence-electron chi connectivity index (χ4n) is 2.15. The molecular formula is C14H19NO4. The van der Waals surface area contributed by atoms with Gasteiger partial charge < -0.3 is 19.9 Å². The molecule has 0 radical (unpaired) electrons. The van der Waals surface area contributed by atoms with Crippen LogP contribution in [0.4, 0.5) is 0 Å². The molecule has 19 heavy (non-hydrogen) atoms. The molecule has 0 spiro atoms. The van der Waals surface area contributed by atoms with E-state index in [2.05, 4.69) is 5.32 Å². The number of fused-ring (bicyclic) bond motifs is 1. The van der Waals surface area contributed by atoms with Gasteiger partial charge in [-0.25, -0.2) is 0 Å². The Hall–Kier alpha value is -1.75. The molecule has 0 saturated heterocycles. The quantitative estimate of drug-likeness (QED) is 0.821. The van der Waals surface area contributed by atoms with Crippen LogP contribution < -0.4 is 14.8 Å². The minimum Gasteiger partial charge on any atom is -0.480 e. The highest BCUT2D eigenvalue weighted by Crippen LogP contribution is 2.33. The molecule has 1 aliphatic heterocycles. The van der Waals surface area contributed by atoms with Crippen LogP contribution in [0.25, 0.3) is 0 Å². The Morgan fingerprint density at radius 2 is 2.16 bits per heavy atom. The minimum absolute atomic E-state index is 0.253. The van der Waals surface area contributed by atoms with Crippen LogP contribution in [-0.4, -0.2) is 30.0 Å². The standard InChI is InChI=1S/C14H19NO4/c1-3-15-14(2,13(16)17)7-6-10-4-5-11-12(8-10)19-9-18-11/h4-5,8,15H,3,6-7,9H2,1-2H3,(H,16,17). The molecule has 1 unspecified atom stereocenters. The van der Waals surface area contributed by atoms with E-state index in [-0.39, 0.29) is 6.79 Å². The first-order chi connectivity index (χ1) is 9.05. The van der Waals surface area contributed by atoms with E-state index in [0.29, 0.717) is 19.4 Å². The van der Waals surface area contributed by atoms with Crippen molar-refractivity contribution >= 4 is 5.97 Å². The first-order valence-corrected chi connectivity index (χ1v) is 6.42. The van der Waals surface area contributed by atoms with Crippen LogP contribution in [0, 0.1) is 0 Å². The molecule has 104 valence electrons. The summed E-state index contributed by atoms with van der Waals surface area (Å²) in [6, 6.07) is 5.72. The number of aliphatic carboxylic acids is 1. The molecule has 0 aliphatic carbocycles. The Morgan fingerprint density at radius 3 is 2.84 bits per heavy atom. The number of hydrogen-bond acceptors (Lipinski definition) is 4. The summed E-state index contributed by atoms with van der Waals surface area (Å²) in [5, 5.41) is 12.3. The SMILES string of the molecule is CCNC(C)(CCc1ccc2c(c1)OCO2)C(=O)O. The van der Waals surface area contributed by atoms with Crippen molar-refractivity contribution in [2.75, 3.05) is 13.3 Å². The first-order valence-electron chi connectivity index (χ1n) is 6.42. The maximum Gasteiger partial charge on any atom is 0.323 e. The normalized spacial score (nSPS) is 16.1. The van der Waals surface area contributed by atoms with Gasteiger partial charge in [0.2, 0.25) is 6.79 Å². The summed E-state index contributed by atoms with van der Waals surface area (Å²) in [7, 11) is 0. The zero-order chi connectivity index (χ0) is 13.9. The largest absolute Gasteiger partial charge is 0.480 e. The third-order valence-electron chi connectivity index (χ3n) is 3.39. The Bertz CT molecular complexity index is 475. The van der Waals surface area contributed by atoms with Crippen molar-refractivity contribution in [1.82, 2.24) is 5.32 Å². The van der Waals surface area contributed by atoms with Crippen molar-refractivity contribution < 1.29 is 19.4 Å². The average molecular weight is 265 g/mol. The minimum atomic E-state index is -0.898. The number of aryl methyl sites for hydroxylation is 1. The highest BCUT2D eigenvalue weighted by molar-refractivity contribution is 5.78. The van der Waals surface area contributed by atoms with E-state index in [4.69, 9.17) is 9.47 Å². The van der Waals surface area contributed by atoms with Crippen molar-refractivity contribution in [2.45, 2.75) is 32.2 Å². The number of rotatable bonds is 6. The second-order valence-electron chi connectivity index (χ2n) is 4.86. The van der Waals surface area contributed by atoms with Gasteiger partial charge in [0.1, 0.15) is 5.54 Å². The Kier molecular flexibility index (Phi) is 3.95. The van der Waals surface area contributed by atoms with E-state index in [1.807, 2.05) is 25.1 Å². The van der Waals surface area contributed by atoms with Crippen LogP contribution in [0.5, 0.6) is 11.5 Å². The van der Waals surface area contributed by atoms with Crippen LogP contribution in [0.15, 0.2) is 18.2 Å². The predicted molar refractivity (Wildman–Crippen MR) is 70.6 cm³/mol. The van der Waals surface area contributed by atoms with Gasteiger partial charge in [-0.2, -0.15) is 0 Å². The fraction of sp³-hybridized carbons (Fsp3) is 0.500.